The number of carbonyl (C=O) groups is 1. The summed E-state index contributed by atoms with van der Waals surface area (Å²) in [4.78, 5) is 12.8. The second-order valence-electron chi connectivity index (χ2n) is 4.60. The molecule has 0 unspecified atom stereocenters. The minimum atomic E-state index is -0.562. The first-order valence-electron chi connectivity index (χ1n) is 5.26. The van der Waals surface area contributed by atoms with Gasteiger partial charge in [0.15, 0.2) is 0 Å². The molecule has 0 fully saturated rings. The predicted octanol–water partition coefficient (Wildman–Crippen LogP) is 1.91. The summed E-state index contributed by atoms with van der Waals surface area (Å²) in [6.07, 6.45) is -0.562. The van der Waals surface area contributed by atoms with Gasteiger partial charge >= 0.3 is 6.09 Å². The van der Waals surface area contributed by atoms with Crippen molar-refractivity contribution >= 4 is 17.1 Å². The van der Waals surface area contributed by atoms with Gasteiger partial charge in [0.25, 0.3) is 0 Å². The number of rotatable bonds is 1. The Bertz CT molecular complexity index is 542. The number of aromatic nitrogens is 3. The maximum atomic E-state index is 11.5. The smallest absolute Gasteiger partial charge is 0.428 e. The molecule has 0 spiro atoms. The van der Waals surface area contributed by atoms with E-state index in [1.54, 1.807) is 20.8 Å². The fraction of sp³-hybridized carbons (Fsp3) is 0.364. The molecule has 6 heteroatoms. The number of nitrogens with one attached hydrogen (secondary N) is 1. The zero-order chi connectivity index (χ0) is 12.5. The van der Waals surface area contributed by atoms with Crippen molar-refractivity contribution in [3.05, 3.63) is 24.3 Å². The lowest BCUT2D eigenvalue weighted by atomic mass is 10.2. The van der Waals surface area contributed by atoms with Gasteiger partial charge in [-0.1, -0.05) is 12.1 Å². The molecular weight excluding hydrogens is 220 g/mol. The summed E-state index contributed by atoms with van der Waals surface area (Å²) in [5, 5.41) is 7.73. The van der Waals surface area contributed by atoms with Crippen molar-refractivity contribution in [3.8, 4) is 0 Å². The van der Waals surface area contributed by atoms with E-state index in [0.29, 0.717) is 5.52 Å². The van der Waals surface area contributed by atoms with Crippen LogP contribution in [0.25, 0.3) is 11.0 Å². The lowest BCUT2D eigenvalue weighted by molar-refractivity contribution is 0.0610. The number of amides is 1. The van der Waals surface area contributed by atoms with Gasteiger partial charge in [-0.15, -0.1) is 9.89 Å². The van der Waals surface area contributed by atoms with E-state index < -0.39 is 11.7 Å². The van der Waals surface area contributed by atoms with Crippen LogP contribution in [0.1, 0.15) is 20.8 Å². The van der Waals surface area contributed by atoms with E-state index in [1.807, 2.05) is 24.3 Å². The molecule has 0 saturated carbocycles. The van der Waals surface area contributed by atoms with Gasteiger partial charge in [0.1, 0.15) is 16.6 Å². The molecule has 2 rings (SSSR count). The topological polar surface area (TPSA) is 69.0 Å². The van der Waals surface area contributed by atoms with E-state index >= 15 is 0 Å². The van der Waals surface area contributed by atoms with Crippen molar-refractivity contribution in [1.29, 1.82) is 0 Å². The number of hydrogen-bond donors (Lipinski definition) is 1. The van der Waals surface area contributed by atoms with Crippen molar-refractivity contribution < 1.29 is 9.53 Å². The first kappa shape index (κ1) is 11.4. The molecule has 0 saturated heterocycles. The summed E-state index contributed by atoms with van der Waals surface area (Å²) in [7, 11) is 0. The van der Waals surface area contributed by atoms with Crippen molar-refractivity contribution in [2.45, 2.75) is 26.4 Å². The average Bonchev–Trinajstić information content (AvgIpc) is 2.59. The zero-order valence-electron chi connectivity index (χ0n) is 9.97. The summed E-state index contributed by atoms with van der Waals surface area (Å²) in [6.45, 7) is 5.39. The molecule has 0 atom stereocenters. The Kier molecular flexibility index (Phi) is 2.71. The molecule has 1 amide bonds. The Labute approximate surface area is 98.5 Å². The van der Waals surface area contributed by atoms with Crippen LogP contribution in [0.2, 0.25) is 0 Å². The Morgan fingerprint density at radius 1 is 1.35 bits per heavy atom. The Balaban J connectivity index is 2.16. The first-order chi connectivity index (χ1) is 7.96. The maximum Gasteiger partial charge on any atom is 0.428 e. The predicted molar refractivity (Wildman–Crippen MR) is 63.1 cm³/mol. The minimum absolute atomic E-state index is 0.541. The fourth-order valence-electron chi connectivity index (χ4n) is 1.34. The molecule has 0 aliphatic heterocycles. The van der Waals surface area contributed by atoms with E-state index in [1.165, 1.54) is 4.79 Å². The van der Waals surface area contributed by atoms with Gasteiger partial charge in [0.05, 0.1) is 0 Å². The number of para-hydroxylation sites is 1. The van der Waals surface area contributed by atoms with Gasteiger partial charge in [0, 0.05) is 0 Å². The molecule has 1 heterocycles. The summed E-state index contributed by atoms with van der Waals surface area (Å²) in [5.41, 5.74) is 3.39. The molecular formula is C11H14N4O2. The summed E-state index contributed by atoms with van der Waals surface area (Å²) in [5.74, 6) is 0. The number of carbonyl (C=O) groups excluding carboxylic acids is 1. The lowest BCUT2D eigenvalue weighted by Gasteiger charge is -2.19. The van der Waals surface area contributed by atoms with Gasteiger partial charge in [-0.25, -0.2) is 10.2 Å². The lowest BCUT2D eigenvalue weighted by Crippen LogP contribution is -2.32. The third kappa shape index (κ3) is 2.72. The van der Waals surface area contributed by atoms with Crippen LogP contribution < -0.4 is 5.43 Å². The quantitative estimate of drug-likeness (QED) is 0.818. The van der Waals surface area contributed by atoms with E-state index in [0.717, 1.165) is 5.52 Å². The highest BCUT2D eigenvalue weighted by Gasteiger charge is 2.17. The highest BCUT2D eigenvalue weighted by atomic mass is 16.6. The molecule has 0 radical (unpaired) electrons. The molecule has 90 valence electrons. The minimum Gasteiger partial charge on any atom is -0.443 e. The van der Waals surface area contributed by atoms with Gasteiger partial charge in [-0.2, -0.15) is 0 Å². The molecule has 1 N–H and O–H groups in total. The van der Waals surface area contributed by atoms with Crippen LogP contribution in [0.5, 0.6) is 0 Å². The monoisotopic (exact) mass is 234 g/mol. The number of hydrogen-bond acceptors (Lipinski definition) is 4. The van der Waals surface area contributed by atoms with Crippen molar-refractivity contribution in [3.63, 3.8) is 0 Å². The standard InChI is InChI=1S/C11H14N4O2/c1-11(2,3)17-10(16)13-15-9-7-5-4-6-8(9)12-14-15/h4-7H,1-3H3,(H,13,16). The zero-order valence-corrected chi connectivity index (χ0v) is 9.97. The molecule has 0 aliphatic carbocycles. The first-order valence-corrected chi connectivity index (χ1v) is 5.26. The van der Waals surface area contributed by atoms with Gasteiger partial charge in [-0.3, -0.25) is 0 Å². The third-order valence-electron chi connectivity index (χ3n) is 1.95. The molecule has 0 bridgehead atoms. The number of nitrogens with zero attached hydrogens (tertiary/aromatic N) is 3. The molecule has 2 aromatic rings. The van der Waals surface area contributed by atoms with Crippen LogP contribution in [0.4, 0.5) is 4.79 Å². The molecule has 1 aromatic carbocycles. The highest BCUT2D eigenvalue weighted by Crippen LogP contribution is 2.10. The molecule has 17 heavy (non-hydrogen) atoms. The summed E-state index contributed by atoms with van der Waals surface area (Å²) < 4.78 is 5.12. The van der Waals surface area contributed by atoms with Crippen molar-refractivity contribution in [2.24, 2.45) is 0 Å². The van der Waals surface area contributed by atoms with E-state index in [2.05, 4.69) is 15.7 Å². The normalized spacial score (nSPS) is 11.5. The van der Waals surface area contributed by atoms with Crippen LogP contribution in [-0.2, 0) is 4.74 Å². The number of benzene rings is 1. The average molecular weight is 234 g/mol. The largest absolute Gasteiger partial charge is 0.443 e. The molecule has 0 aliphatic rings. The number of ether oxygens (including phenoxy) is 1. The van der Waals surface area contributed by atoms with Crippen LogP contribution in [0, 0.1) is 0 Å². The summed E-state index contributed by atoms with van der Waals surface area (Å²) in [6, 6.07) is 7.33. The fourth-order valence-corrected chi connectivity index (χ4v) is 1.34. The van der Waals surface area contributed by atoms with Gasteiger partial charge in [-0.05, 0) is 38.1 Å². The van der Waals surface area contributed by atoms with Crippen LogP contribution >= 0.6 is 0 Å². The third-order valence-corrected chi connectivity index (χ3v) is 1.95. The second kappa shape index (κ2) is 4.04. The van der Waals surface area contributed by atoms with Crippen molar-refractivity contribution in [1.82, 2.24) is 15.1 Å². The Hall–Kier alpha value is -2.11. The van der Waals surface area contributed by atoms with E-state index in [4.69, 9.17) is 4.74 Å². The highest BCUT2D eigenvalue weighted by molar-refractivity contribution is 5.80. The van der Waals surface area contributed by atoms with E-state index in [9.17, 15) is 4.79 Å². The van der Waals surface area contributed by atoms with E-state index in [-0.39, 0.29) is 0 Å². The summed E-state index contributed by atoms with van der Waals surface area (Å²) >= 11 is 0. The van der Waals surface area contributed by atoms with Gasteiger partial charge in [0.2, 0.25) is 0 Å². The molecule has 6 nitrogen and oxygen atoms in total. The van der Waals surface area contributed by atoms with Crippen molar-refractivity contribution in [2.75, 3.05) is 5.43 Å². The maximum absolute atomic E-state index is 11.5. The number of fused-ring (bicyclic) bond motifs is 1. The van der Waals surface area contributed by atoms with Crippen LogP contribution in [0.3, 0.4) is 0 Å². The Morgan fingerprint density at radius 3 is 2.76 bits per heavy atom. The van der Waals surface area contributed by atoms with Crippen LogP contribution in [0.15, 0.2) is 24.3 Å². The SMILES string of the molecule is CC(C)(C)OC(=O)Nn1nnc2ccccc21. The van der Waals surface area contributed by atoms with Crippen LogP contribution in [-0.4, -0.2) is 26.8 Å². The molecule has 1 aromatic heterocycles. The van der Waals surface area contributed by atoms with Gasteiger partial charge < -0.3 is 4.74 Å². The Morgan fingerprint density at radius 2 is 2.06 bits per heavy atom. The second-order valence-corrected chi connectivity index (χ2v) is 4.60.